The highest BCUT2D eigenvalue weighted by Gasteiger charge is 2.26. The van der Waals surface area contributed by atoms with Gasteiger partial charge in [0.2, 0.25) is 0 Å². The van der Waals surface area contributed by atoms with E-state index in [0.717, 1.165) is 41.2 Å². The van der Waals surface area contributed by atoms with E-state index in [1.54, 1.807) is 7.11 Å². The fraction of sp³-hybridized carbons (Fsp3) is 0.481. The summed E-state index contributed by atoms with van der Waals surface area (Å²) in [5.74, 6) is 2.00. The normalized spacial score (nSPS) is 18.4. The van der Waals surface area contributed by atoms with Crippen LogP contribution >= 0.6 is 0 Å². The van der Waals surface area contributed by atoms with Crippen LogP contribution in [0.25, 0.3) is 11.1 Å². The van der Waals surface area contributed by atoms with Gasteiger partial charge in [0.05, 0.1) is 18.2 Å². The van der Waals surface area contributed by atoms with E-state index in [9.17, 15) is 10.5 Å². The minimum Gasteiger partial charge on any atom is -0.497 e. The van der Waals surface area contributed by atoms with E-state index < -0.39 is 0 Å². The van der Waals surface area contributed by atoms with Crippen LogP contribution in [0.2, 0.25) is 0 Å². The van der Waals surface area contributed by atoms with Gasteiger partial charge in [0.25, 0.3) is 0 Å². The molecule has 0 unspecified atom stereocenters. The third kappa shape index (κ3) is 5.03. The van der Waals surface area contributed by atoms with Crippen molar-refractivity contribution in [2.75, 3.05) is 7.11 Å². The average Bonchev–Trinajstić information content (AvgIpc) is 2.81. The molecule has 1 aliphatic carbocycles. The molecule has 0 saturated heterocycles. The minimum absolute atomic E-state index is 0.392. The van der Waals surface area contributed by atoms with Crippen LogP contribution in [0, 0.1) is 28.6 Å². The van der Waals surface area contributed by atoms with E-state index in [1.807, 2.05) is 30.3 Å². The number of rotatable bonds is 8. The lowest BCUT2D eigenvalue weighted by molar-refractivity contribution is 0.302. The molecular weight excluding hydrogens is 368 g/mol. The summed E-state index contributed by atoms with van der Waals surface area (Å²) in [6, 6.07) is 16.4. The summed E-state index contributed by atoms with van der Waals surface area (Å²) in [4.78, 5) is 0. The van der Waals surface area contributed by atoms with Crippen molar-refractivity contribution in [2.45, 2.75) is 70.6 Å². The Hall–Kier alpha value is -2.78. The van der Waals surface area contributed by atoms with E-state index in [-0.39, 0.29) is 0 Å². The van der Waals surface area contributed by atoms with E-state index in [4.69, 9.17) is 4.74 Å². The summed E-state index contributed by atoms with van der Waals surface area (Å²) in [5, 5.41) is 19.8. The van der Waals surface area contributed by atoms with Crippen molar-refractivity contribution in [1.82, 2.24) is 0 Å². The van der Waals surface area contributed by atoms with Crippen molar-refractivity contribution in [3.63, 3.8) is 0 Å². The Balaban J connectivity index is 1.77. The summed E-state index contributed by atoms with van der Waals surface area (Å²) in [6.45, 7) is 2.26. The van der Waals surface area contributed by atoms with Gasteiger partial charge in [-0.1, -0.05) is 63.3 Å². The lowest BCUT2D eigenvalue weighted by Crippen LogP contribution is -2.15. The summed E-state index contributed by atoms with van der Waals surface area (Å²) < 4.78 is 5.23. The molecule has 0 N–H and O–H groups in total. The number of methoxy groups -OCH3 is 1. The van der Waals surface area contributed by atoms with Crippen LogP contribution in [0.4, 0.5) is 0 Å². The Bertz CT molecular complexity index is 910. The first-order valence-corrected chi connectivity index (χ1v) is 11.3. The van der Waals surface area contributed by atoms with Crippen LogP contribution in [0.3, 0.4) is 0 Å². The molecule has 2 aromatic rings. The molecule has 0 radical (unpaired) electrons. The fourth-order valence-corrected chi connectivity index (χ4v) is 4.83. The fourth-order valence-electron chi connectivity index (χ4n) is 4.83. The van der Waals surface area contributed by atoms with E-state index in [1.165, 1.54) is 44.9 Å². The molecule has 2 aromatic carbocycles. The second-order valence-electron chi connectivity index (χ2n) is 8.47. The molecule has 1 saturated carbocycles. The SMILES string of the molecule is CCCCCCC1CCC(c2ccc(-c3ccc(OC)cc3)c(C#N)c2C#N)CC1. The number of unbranched alkanes of at least 4 members (excludes halogenated alkanes) is 3. The maximum atomic E-state index is 9.91. The second kappa shape index (κ2) is 10.8. The molecule has 0 atom stereocenters. The van der Waals surface area contributed by atoms with Crippen LogP contribution in [0.15, 0.2) is 36.4 Å². The zero-order chi connectivity index (χ0) is 21.3. The average molecular weight is 401 g/mol. The van der Waals surface area contributed by atoms with Gasteiger partial charge < -0.3 is 4.74 Å². The molecule has 30 heavy (non-hydrogen) atoms. The maximum Gasteiger partial charge on any atom is 0.118 e. The molecule has 3 heteroatoms. The van der Waals surface area contributed by atoms with Crippen molar-refractivity contribution >= 4 is 0 Å². The third-order valence-electron chi connectivity index (χ3n) is 6.61. The van der Waals surface area contributed by atoms with Gasteiger partial charge in [-0.25, -0.2) is 0 Å². The van der Waals surface area contributed by atoms with Crippen LogP contribution in [0.5, 0.6) is 5.75 Å². The second-order valence-corrected chi connectivity index (χ2v) is 8.47. The lowest BCUT2D eigenvalue weighted by Gasteiger charge is -2.29. The molecule has 156 valence electrons. The van der Waals surface area contributed by atoms with Crippen molar-refractivity contribution < 1.29 is 4.74 Å². The standard InChI is InChI=1S/C27H32N2O/c1-3-4-5-6-7-20-8-10-21(11-9-20)24-16-17-25(27(19-29)26(24)18-28)22-12-14-23(30-2)15-13-22/h12-17,20-21H,3-11H2,1-2H3. The molecule has 0 aliphatic heterocycles. The van der Waals surface area contributed by atoms with Gasteiger partial charge in [0.1, 0.15) is 17.9 Å². The third-order valence-corrected chi connectivity index (χ3v) is 6.61. The van der Waals surface area contributed by atoms with Crippen molar-refractivity contribution in [3.8, 4) is 29.0 Å². The molecule has 0 aromatic heterocycles. The number of nitriles is 2. The first-order chi connectivity index (χ1) is 14.7. The highest BCUT2D eigenvalue weighted by Crippen LogP contribution is 2.41. The van der Waals surface area contributed by atoms with E-state index in [0.29, 0.717) is 17.0 Å². The highest BCUT2D eigenvalue weighted by atomic mass is 16.5. The Morgan fingerprint density at radius 2 is 1.57 bits per heavy atom. The Kier molecular flexibility index (Phi) is 7.92. The van der Waals surface area contributed by atoms with Gasteiger partial charge in [0, 0.05) is 5.56 Å². The van der Waals surface area contributed by atoms with E-state index >= 15 is 0 Å². The number of hydrogen-bond acceptors (Lipinski definition) is 3. The Morgan fingerprint density at radius 3 is 2.17 bits per heavy atom. The molecule has 0 spiro atoms. The molecule has 1 fully saturated rings. The topological polar surface area (TPSA) is 56.8 Å². The Labute approximate surface area is 181 Å². The lowest BCUT2D eigenvalue weighted by atomic mass is 9.75. The molecule has 3 nitrogen and oxygen atoms in total. The van der Waals surface area contributed by atoms with Crippen molar-refractivity contribution in [1.29, 1.82) is 10.5 Å². The zero-order valence-electron chi connectivity index (χ0n) is 18.3. The van der Waals surface area contributed by atoms with Crippen LogP contribution in [-0.4, -0.2) is 7.11 Å². The number of ether oxygens (including phenoxy) is 1. The largest absolute Gasteiger partial charge is 0.497 e. The van der Waals surface area contributed by atoms with Crippen LogP contribution in [-0.2, 0) is 0 Å². The quantitative estimate of drug-likeness (QED) is 0.435. The van der Waals surface area contributed by atoms with Gasteiger partial charge in [-0.15, -0.1) is 0 Å². The van der Waals surface area contributed by atoms with Gasteiger partial charge in [-0.3, -0.25) is 0 Å². The van der Waals surface area contributed by atoms with Crippen LogP contribution in [0.1, 0.15) is 87.3 Å². The Morgan fingerprint density at radius 1 is 0.867 bits per heavy atom. The predicted molar refractivity (Wildman–Crippen MR) is 121 cm³/mol. The predicted octanol–water partition coefficient (Wildman–Crippen LogP) is 7.35. The number of benzene rings is 2. The molecule has 1 aliphatic rings. The smallest absolute Gasteiger partial charge is 0.118 e. The first kappa shape index (κ1) is 21.9. The molecule has 0 heterocycles. The molecular formula is C27H32N2O. The summed E-state index contributed by atoms with van der Waals surface area (Å²) >= 11 is 0. The first-order valence-electron chi connectivity index (χ1n) is 11.3. The molecule has 0 bridgehead atoms. The summed E-state index contributed by atoms with van der Waals surface area (Å²) in [6.07, 6.45) is 11.4. The van der Waals surface area contributed by atoms with Gasteiger partial charge in [0.15, 0.2) is 0 Å². The number of hydrogen-bond donors (Lipinski definition) is 0. The van der Waals surface area contributed by atoms with Crippen LogP contribution < -0.4 is 4.74 Å². The monoisotopic (exact) mass is 400 g/mol. The molecule has 3 rings (SSSR count). The van der Waals surface area contributed by atoms with Crippen molar-refractivity contribution in [3.05, 3.63) is 53.1 Å². The number of nitrogens with zero attached hydrogens (tertiary/aromatic N) is 2. The van der Waals surface area contributed by atoms with Crippen molar-refractivity contribution in [2.24, 2.45) is 5.92 Å². The zero-order valence-corrected chi connectivity index (χ0v) is 18.3. The summed E-state index contributed by atoms with van der Waals surface area (Å²) in [7, 11) is 1.64. The van der Waals surface area contributed by atoms with Gasteiger partial charge in [-0.05, 0) is 60.8 Å². The highest BCUT2D eigenvalue weighted by molar-refractivity contribution is 5.75. The minimum atomic E-state index is 0.392. The van der Waals surface area contributed by atoms with Gasteiger partial charge in [-0.2, -0.15) is 10.5 Å². The maximum absolute atomic E-state index is 9.91. The van der Waals surface area contributed by atoms with E-state index in [2.05, 4.69) is 25.1 Å². The molecule has 0 amide bonds. The summed E-state index contributed by atoms with van der Waals surface area (Å²) in [5.41, 5.74) is 3.89. The van der Waals surface area contributed by atoms with Gasteiger partial charge >= 0.3 is 0 Å².